The molecule has 0 spiro atoms. The van der Waals surface area contributed by atoms with Crippen molar-refractivity contribution in [3.05, 3.63) is 35.2 Å². The lowest BCUT2D eigenvalue weighted by Crippen LogP contribution is -2.40. The number of amides is 1. The minimum absolute atomic E-state index is 0.0947. The van der Waals surface area contributed by atoms with E-state index in [4.69, 9.17) is 4.74 Å². The average Bonchev–Trinajstić information content (AvgIpc) is 2.83. The smallest absolute Gasteiger partial charge is 0.410 e. The molecule has 0 N–H and O–H groups in total. The molecule has 3 nitrogen and oxygen atoms in total. The maximum absolute atomic E-state index is 12.1. The summed E-state index contributed by atoms with van der Waals surface area (Å²) in [6.07, 6.45) is 0.552. The molecule has 0 saturated carbocycles. The van der Waals surface area contributed by atoms with Crippen molar-refractivity contribution in [3.8, 4) is 0 Å². The van der Waals surface area contributed by atoms with E-state index in [9.17, 15) is 4.79 Å². The minimum Gasteiger partial charge on any atom is -0.444 e. The second-order valence-corrected chi connectivity index (χ2v) is 7.38. The molecule has 114 valence electrons. The Balaban J connectivity index is 2.02. The average molecular weight is 305 g/mol. The van der Waals surface area contributed by atoms with E-state index in [1.807, 2.05) is 27.7 Å². The zero-order valence-corrected chi connectivity index (χ0v) is 14.2. The van der Waals surface area contributed by atoms with E-state index in [0.29, 0.717) is 0 Å². The fourth-order valence-corrected chi connectivity index (χ4v) is 2.97. The number of nitrogens with zero attached hydrogens (tertiary/aromatic N) is 1. The molecule has 0 saturated heterocycles. The van der Waals surface area contributed by atoms with E-state index in [2.05, 4.69) is 29.6 Å². The quantitative estimate of drug-likeness (QED) is 0.822. The van der Waals surface area contributed by atoms with Crippen molar-refractivity contribution in [2.75, 3.05) is 7.05 Å². The summed E-state index contributed by atoms with van der Waals surface area (Å²) in [6, 6.07) is 8.70. The number of likely N-dealkylation sites (N-methyl/N-ethyl adjacent to an activating group) is 1. The first-order chi connectivity index (χ1) is 9.76. The number of rotatable bonds is 3. The summed E-state index contributed by atoms with van der Waals surface area (Å²) in [5.74, 6) is 0. The molecule has 1 amide bonds. The maximum atomic E-state index is 12.1. The highest BCUT2D eigenvalue weighted by molar-refractivity contribution is 7.17. The van der Waals surface area contributed by atoms with Crippen LogP contribution >= 0.6 is 11.3 Å². The molecule has 0 radical (unpaired) electrons. The van der Waals surface area contributed by atoms with E-state index in [0.717, 1.165) is 6.42 Å². The van der Waals surface area contributed by atoms with Gasteiger partial charge >= 0.3 is 6.09 Å². The van der Waals surface area contributed by atoms with Crippen LogP contribution in [0.3, 0.4) is 0 Å². The van der Waals surface area contributed by atoms with Crippen LogP contribution in [0, 0.1) is 0 Å². The lowest BCUT2D eigenvalue weighted by atomic mass is 10.1. The molecule has 1 aromatic heterocycles. The molecule has 0 aliphatic rings. The van der Waals surface area contributed by atoms with Crippen LogP contribution < -0.4 is 0 Å². The molecule has 21 heavy (non-hydrogen) atoms. The number of fused-ring (bicyclic) bond motifs is 1. The van der Waals surface area contributed by atoms with Crippen molar-refractivity contribution in [1.29, 1.82) is 0 Å². The lowest BCUT2D eigenvalue weighted by Gasteiger charge is -2.28. The summed E-state index contributed by atoms with van der Waals surface area (Å²) < 4.78 is 6.70. The first-order valence-corrected chi connectivity index (χ1v) is 8.06. The molecule has 0 fully saturated rings. The van der Waals surface area contributed by atoms with Crippen LogP contribution in [0.5, 0.6) is 0 Å². The lowest BCUT2D eigenvalue weighted by molar-refractivity contribution is 0.0236. The molecule has 0 aliphatic carbocycles. The van der Waals surface area contributed by atoms with Gasteiger partial charge in [-0.25, -0.2) is 4.79 Å². The number of thiophene rings is 1. The molecule has 1 heterocycles. The molecule has 1 atom stereocenters. The highest BCUT2D eigenvalue weighted by atomic mass is 32.1. The van der Waals surface area contributed by atoms with Crippen molar-refractivity contribution in [2.24, 2.45) is 0 Å². The third-order valence-electron chi connectivity index (χ3n) is 3.39. The zero-order chi connectivity index (χ0) is 15.6. The number of hydrogen-bond acceptors (Lipinski definition) is 3. The number of benzene rings is 1. The van der Waals surface area contributed by atoms with Gasteiger partial charge in [-0.2, -0.15) is 0 Å². The molecule has 0 aliphatic heterocycles. The van der Waals surface area contributed by atoms with Gasteiger partial charge in [0, 0.05) is 17.8 Å². The van der Waals surface area contributed by atoms with Crippen LogP contribution in [-0.2, 0) is 11.2 Å². The Labute approximate surface area is 130 Å². The predicted molar refractivity (Wildman–Crippen MR) is 89.0 cm³/mol. The fraction of sp³-hybridized carbons (Fsp3) is 0.471. The van der Waals surface area contributed by atoms with Gasteiger partial charge < -0.3 is 9.64 Å². The van der Waals surface area contributed by atoms with Gasteiger partial charge in [0.25, 0.3) is 0 Å². The highest BCUT2D eigenvalue weighted by Gasteiger charge is 2.23. The molecule has 2 aromatic rings. The van der Waals surface area contributed by atoms with Crippen LogP contribution in [0.2, 0.25) is 0 Å². The predicted octanol–water partition coefficient (Wildman–Crippen LogP) is 4.70. The van der Waals surface area contributed by atoms with Gasteiger partial charge in [-0.1, -0.05) is 12.1 Å². The van der Waals surface area contributed by atoms with E-state index in [1.54, 1.807) is 23.3 Å². The Bertz CT molecular complexity index is 627. The van der Waals surface area contributed by atoms with E-state index >= 15 is 0 Å². The molecule has 2 rings (SSSR count). The van der Waals surface area contributed by atoms with Gasteiger partial charge in [0.05, 0.1) is 0 Å². The molecule has 0 bridgehead atoms. The summed E-state index contributed by atoms with van der Waals surface area (Å²) in [5, 5.41) is 3.38. The Morgan fingerprint density at radius 2 is 2.05 bits per heavy atom. The SMILES string of the molecule is C[C@H](Cc1ccc2ccsc2c1)N(C)C(=O)OC(C)(C)C. The minimum atomic E-state index is -0.457. The van der Waals surface area contributed by atoms with Crippen molar-refractivity contribution in [3.63, 3.8) is 0 Å². The van der Waals surface area contributed by atoms with Crippen molar-refractivity contribution in [2.45, 2.75) is 45.8 Å². The van der Waals surface area contributed by atoms with E-state index in [-0.39, 0.29) is 12.1 Å². The third kappa shape index (κ3) is 4.21. The Morgan fingerprint density at radius 3 is 2.71 bits per heavy atom. The first kappa shape index (κ1) is 15.8. The second kappa shape index (κ2) is 6.06. The van der Waals surface area contributed by atoms with E-state index in [1.165, 1.54) is 15.6 Å². The Hall–Kier alpha value is -1.55. The van der Waals surface area contributed by atoms with Gasteiger partial charge in [-0.05, 0) is 62.6 Å². The molecular formula is C17H23NO2S. The topological polar surface area (TPSA) is 29.5 Å². The molecule has 4 heteroatoms. The van der Waals surface area contributed by atoms with Gasteiger partial charge in [0.2, 0.25) is 0 Å². The standard InChI is InChI=1S/C17H23NO2S/c1-12(18(5)16(19)20-17(2,3)4)10-13-6-7-14-8-9-21-15(14)11-13/h6-9,11-12H,10H2,1-5H3/t12-/m1/s1. The summed E-state index contributed by atoms with van der Waals surface area (Å²) in [7, 11) is 1.79. The monoisotopic (exact) mass is 305 g/mol. The maximum Gasteiger partial charge on any atom is 0.410 e. The molecule has 1 aromatic carbocycles. The van der Waals surface area contributed by atoms with Crippen LogP contribution in [-0.4, -0.2) is 29.7 Å². The number of hydrogen-bond donors (Lipinski definition) is 0. The van der Waals surface area contributed by atoms with Crippen LogP contribution in [0.1, 0.15) is 33.3 Å². The van der Waals surface area contributed by atoms with Crippen molar-refractivity contribution in [1.82, 2.24) is 4.90 Å². The van der Waals surface area contributed by atoms with Gasteiger partial charge in [-0.15, -0.1) is 11.3 Å². The Kier molecular flexibility index (Phi) is 4.57. The van der Waals surface area contributed by atoms with Crippen molar-refractivity contribution < 1.29 is 9.53 Å². The van der Waals surface area contributed by atoms with Gasteiger partial charge in [0.1, 0.15) is 5.60 Å². The number of ether oxygens (including phenoxy) is 1. The van der Waals surface area contributed by atoms with Crippen LogP contribution in [0.15, 0.2) is 29.6 Å². The summed E-state index contributed by atoms with van der Waals surface area (Å²) >= 11 is 1.75. The third-order valence-corrected chi connectivity index (χ3v) is 4.27. The number of carbonyl (C=O) groups is 1. The van der Waals surface area contributed by atoms with Gasteiger partial charge in [0.15, 0.2) is 0 Å². The second-order valence-electron chi connectivity index (χ2n) is 6.44. The van der Waals surface area contributed by atoms with Crippen LogP contribution in [0.25, 0.3) is 10.1 Å². The Morgan fingerprint density at radius 1 is 1.33 bits per heavy atom. The first-order valence-electron chi connectivity index (χ1n) is 7.18. The summed E-state index contributed by atoms with van der Waals surface area (Å²) in [4.78, 5) is 13.7. The normalized spacial score (nSPS) is 13.2. The summed E-state index contributed by atoms with van der Waals surface area (Å²) in [5.41, 5.74) is 0.786. The summed E-state index contributed by atoms with van der Waals surface area (Å²) in [6.45, 7) is 7.69. The van der Waals surface area contributed by atoms with Crippen molar-refractivity contribution >= 4 is 27.5 Å². The molecule has 0 unspecified atom stereocenters. The van der Waals surface area contributed by atoms with Gasteiger partial charge in [-0.3, -0.25) is 0 Å². The van der Waals surface area contributed by atoms with Crippen LogP contribution in [0.4, 0.5) is 4.79 Å². The fourth-order valence-electron chi connectivity index (χ4n) is 2.12. The zero-order valence-electron chi connectivity index (χ0n) is 13.3. The molecular weight excluding hydrogens is 282 g/mol. The largest absolute Gasteiger partial charge is 0.444 e. The highest BCUT2D eigenvalue weighted by Crippen LogP contribution is 2.23. The number of carbonyl (C=O) groups excluding carboxylic acids is 1. The van der Waals surface area contributed by atoms with E-state index < -0.39 is 5.60 Å².